The van der Waals surface area contributed by atoms with Crippen LogP contribution >= 0.6 is 0 Å². The third-order valence-electron chi connectivity index (χ3n) is 2.42. The maximum absolute atomic E-state index is 11.7. The first-order valence-corrected chi connectivity index (χ1v) is 5.90. The zero-order valence-corrected chi connectivity index (χ0v) is 11.1. The van der Waals surface area contributed by atoms with E-state index in [4.69, 9.17) is 10.8 Å². The lowest BCUT2D eigenvalue weighted by Crippen LogP contribution is -2.37. The average Bonchev–Trinajstić information content (AvgIpc) is 2.27. The molecule has 0 aliphatic heterocycles. The molecule has 1 aromatic carbocycles. The van der Waals surface area contributed by atoms with Crippen LogP contribution in [0, 0.1) is 0 Å². The Morgan fingerprint density at radius 3 is 2.68 bits per heavy atom. The Kier molecular flexibility index (Phi) is 5.47. The molecule has 1 unspecified atom stereocenters. The van der Waals surface area contributed by atoms with Gasteiger partial charge in [-0.2, -0.15) is 0 Å². The molecule has 0 aliphatic rings. The number of anilines is 1. The lowest BCUT2D eigenvalue weighted by atomic mass is 10.1. The molecule has 1 rings (SSSR count). The summed E-state index contributed by atoms with van der Waals surface area (Å²) in [4.78, 5) is 24.2. The Balaban J connectivity index is 2.66. The molecule has 0 aliphatic carbocycles. The van der Waals surface area contributed by atoms with Crippen LogP contribution in [0.2, 0.25) is 0 Å². The highest BCUT2D eigenvalue weighted by atomic mass is 16.4. The summed E-state index contributed by atoms with van der Waals surface area (Å²) in [5.41, 5.74) is 7.15. The third-order valence-corrected chi connectivity index (χ3v) is 2.42. The Hall–Kier alpha value is -1.92. The number of nitrogens with two attached hydrogens (primary N) is 1. The first kappa shape index (κ1) is 15.1. The number of amides is 1. The van der Waals surface area contributed by atoms with E-state index in [1.54, 1.807) is 6.07 Å². The van der Waals surface area contributed by atoms with E-state index >= 15 is 0 Å². The van der Waals surface area contributed by atoms with Crippen molar-refractivity contribution in [3.05, 3.63) is 29.8 Å². The van der Waals surface area contributed by atoms with Crippen molar-refractivity contribution in [3.63, 3.8) is 0 Å². The van der Waals surface area contributed by atoms with Gasteiger partial charge in [-0.05, 0) is 31.8 Å². The van der Waals surface area contributed by atoms with Gasteiger partial charge in [0.25, 0.3) is 0 Å². The molecule has 0 saturated carbocycles. The van der Waals surface area contributed by atoms with Crippen LogP contribution in [0.5, 0.6) is 0 Å². The zero-order valence-electron chi connectivity index (χ0n) is 11.1. The summed E-state index contributed by atoms with van der Waals surface area (Å²) < 4.78 is 0. The van der Waals surface area contributed by atoms with Crippen LogP contribution in [0.4, 0.5) is 5.69 Å². The standard InChI is InChI=1S/C13H19N3O3/c1-16(2)8-9-4-3-5-10(6-9)15-13(19)11(14)7-12(17)18/h3-6,11H,7-8,14H2,1-2H3,(H,15,19)(H,17,18). The van der Waals surface area contributed by atoms with Crippen LogP contribution < -0.4 is 11.1 Å². The highest BCUT2D eigenvalue weighted by molar-refractivity contribution is 5.96. The zero-order chi connectivity index (χ0) is 14.4. The van der Waals surface area contributed by atoms with Crippen LogP contribution in [0.3, 0.4) is 0 Å². The molecule has 0 heterocycles. The van der Waals surface area contributed by atoms with Gasteiger partial charge in [0.1, 0.15) is 0 Å². The molecule has 104 valence electrons. The van der Waals surface area contributed by atoms with Gasteiger partial charge >= 0.3 is 5.97 Å². The molecule has 0 aromatic heterocycles. The molecule has 1 atom stereocenters. The van der Waals surface area contributed by atoms with Gasteiger partial charge in [0.15, 0.2) is 0 Å². The van der Waals surface area contributed by atoms with Crippen LogP contribution in [-0.2, 0) is 16.1 Å². The first-order chi connectivity index (χ1) is 8.88. The predicted molar refractivity (Wildman–Crippen MR) is 72.7 cm³/mol. The lowest BCUT2D eigenvalue weighted by molar-refractivity contribution is -0.138. The molecule has 1 amide bonds. The van der Waals surface area contributed by atoms with Crippen molar-refractivity contribution in [2.75, 3.05) is 19.4 Å². The topological polar surface area (TPSA) is 95.7 Å². The normalized spacial score (nSPS) is 12.2. The molecule has 6 heteroatoms. The van der Waals surface area contributed by atoms with Crippen LogP contribution in [0.1, 0.15) is 12.0 Å². The number of carbonyl (C=O) groups is 2. The number of rotatable bonds is 6. The summed E-state index contributed by atoms with van der Waals surface area (Å²) in [7, 11) is 3.90. The largest absolute Gasteiger partial charge is 0.481 e. The average molecular weight is 265 g/mol. The van der Waals surface area contributed by atoms with E-state index in [0.717, 1.165) is 12.1 Å². The minimum atomic E-state index is -1.09. The molecule has 0 saturated heterocycles. The fraction of sp³-hybridized carbons (Fsp3) is 0.385. The van der Waals surface area contributed by atoms with Crippen molar-refractivity contribution in [2.45, 2.75) is 19.0 Å². The van der Waals surface area contributed by atoms with Gasteiger partial charge < -0.3 is 21.1 Å². The second-order valence-corrected chi connectivity index (χ2v) is 4.63. The van der Waals surface area contributed by atoms with E-state index in [0.29, 0.717) is 5.69 Å². The fourth-order valence-corrected chi connectivity index (χ4v) is 1.63. The summed E-state index contributed by atoms with van der Waals surface area (Å²) in [5.74, 6) is -1.59. The molecule has 0 fully saturated rings. The van der Waals surface area contributed by atoms with Crippen molar-refractivity contribution < 1.29 is 14.7 Å². The molecule has 1 aromatic rings. The predicted octanol–water partition coefficient (Wildman–Crippen LogP) is 0.489. The second kappa shape index (κ2) is 6.86. The number of carboxylic acids is 1. The van der Waals surface area contributed by atoms with Gasteiger partial charge in [0.05, 0.1) is 12.5 Å². The van der Waals surface area contributed by atoms with Gasteiger partial charge in [-0.1, -0.05) is 12.1 Å². The van der Waals surface area contributed by atoms with Crippen molar-refractivity contribution in [1.82, 2.24) is 4.90 Å². The Labute approximate surface area is 112 Å². The molecular formula is C13H19N3O3. The Morgan fingerprint density at radius 1 is 1.42 bits per heavy atom. The monoisotopic (exact) mass is 265 g/mol. The lowest BCUT2D eigenvalue weighted by Gasteiger charge is -2.13. The molecule has 0 radical (unpaired) electrons. The number of carbonyl (C=O) groups excluding carboxylic acids is 1. The summed E-state index contributed by atoms with van der Waals surface area (Å²) in [5, 5.41) is 11.2. The minimum Gasteiger partial charge on any atom is -0.481 e. The number of nitrogens with one attached hydrogen (secondary N) is 1. The quantitative estimate of drug-likeness (QED) is 0.695. The molecular weight excluding hydrogens is 246 g/mol. The molecule has 6 nitrogen and oxygen atoms in total. The molecule has 0 bridgehead atoms. The van der Waals surface area contributed by atoms with Gasteiger partial charge in [-0.3, -0.25) is 9.59 Å². The van der Waals surface area contributed by atoms with E-state index in [1.807, 2.05) is 37.2 Å². The minimum absolute atomic E-state index is 0.386. The third kappa shape index (κ3) is 5.50. The van der Waals surface area contributed by atoms with Gasteiger partial charge in [-0.15, -0.1) is 0 Å². The van der Waals surface area contributed by atoms with Crippen molar-refractivity contribution in [3.8, 4) is 0 Å². The highest BCUT2D eigenvalue weighted by Gasteiger charge is 2.17. The van der Waals surface area contributed by atoms with E-state index in [1.165, 1.54) is 0 Å². The SMILES string of the molecule is CN(C)Cc1cccc(NC(=O)C(N)CC(=O)O)c1. The summed E-state index contributed by atoms with van der Waals surface area (Å²) in [6.07, 6.45) is -0.386. The number of hydrogen-bond donors (Lipinski definition) is 3. The first-order valence-electron chi connectivity index (χ1n) is 5.90. The van der Waals surface area contributed by atoms with Crippen LogP contribution in [-0.4, -0.2) is 42.0 Å². The van der Waals surface area contributed by atoms with E-state index < -0.39 is 17.9 Å². The molecule has 0 spiro atoms. The van der Waals surface area contributed by atoms with E-state index in [2.05, 4.69) is 5.32 Å². The summed E-state index contributed by atoms with van der Waals surface area (Å²) >= 11 is 0. The van der Waals surface area contributed by atoms with Gasteiger partial charge in [0, 0.05) is 12.2 Å². The Morgan fingerprint density at radius 2 is 2.11 bits per heavy atom. The van der Waals surface area contributed by atoms with E-state index in [9.17, 15) is 9.59 Å². The highest BCUT2D eigenvalue weighted by Crippen LogP contribution is 2.12. The number of nitrogens with zero attached hydrogens (tertiary/aromatic N) is 1. The number of carboxylic acid groups (broad SMARTS) is 1. The second-order valence-electron chi connectivity index (χ2n) is 4.63. The smallest absolute Gasteiger partial charge is 0.305 e. The summed E-state index contributed by atoms with van der Waals surface area (Å²) in [6.45, 7) is 0.755. The fourth-order valence-electron chi connectivity index (χ4n) is 1.63. The maximum Gasteiger partial charge on any atom is 0.305 e. The summed E-state index contributed by atoms with van der Waals surface area (Å²) in [6, 6.07) is 6.31. The van der Waals surface area contributed by atoms with Gasteiger partial charge in [-0.25, -0.2) is 0 Å². The Bertz CT molecular complexity index is 460. The number of benzene rings is 1. The maximum atomic E-state index is 11.7. The molecule has 19 heavy (non-hydrogen) atoms. The molecule has 4 N–H and O–H groups in total. The number of aliphatic carboxylic acids is 1. The number of hydrogen-bond acceptors (Lipinski definition) is 4. The van der Waals surface area contributed by atoms with E-state index in [-0.39, 0.29) is 6.42 Å². The van der Waals surface area contributed by atoms with Gasteiger partial charge in [0.2, 0.25) is 5.91 Å². The van der Waals surface area contributed by atoms with Crippen molar-refractivity contribution in [1.29, 1.82) is 0 Å². The van der Waals surface area contributed by atoms with Crippen LogP contribution in [0.15, 0.2) is 24.3 Å². The van der Waals surface area contributed by atoms with Crippen molar-refractivity contribution in [2.24, 2.45) is 5.73 Å². The van der Waals surface area contributed by atoms with Crippen LogP contribution in [0.25, 0.3) is 0 Å². The van der Waals surface area contributed by atoms with Crippen molar-refractivity contribution >= 4 is 17.6 Å².